The molecule has 1 aliphatic rings. The van der Waals surface area contributed by atoms with E-state index in [0.717, 1.165) is 23.2 Å². The number of rotatable bonds is 7. The molecule has 0 bridgehead atoms. The van der Waals surface area contributed by atoms with Gasteiger partial charge in [-0.25, -0.2) is 4.79 Å². The fourth-order valence-electron chi connectivity index (χ4n) is 3.90. The summed E-state index contributed by atoms with van der Waals surface area (Å²) in [4.78, 5) is 37.7. The van der Waals surface area contributed by atoms with Crippen LogP contribution < -0.4 is 17.0 Å². The minimum absolute atomic E-state index is 0.00855. The first-order valence-electron chi connectivity index (χ1n) is 10.0. The van der Waals surface area contributed by atoms with Crippen molar-refractivity contribution >= 4 is 23.4 Å². The Labute approximate surface area is 173 Å². The van der Waals surface area contributed by atoms with Crippen molar-refractivity contribution in [1.82, 2.24) is 23.9 Å². The smallest absolute Gasteiger partial charge is 0.332 e. The molecule has 9 nitrogen and oxygen atoms in total. The number of carbonyl (C=O) groups excluding carboxylic acids is 1. The minimum atomic E-state index is -0.657. The lowest BCUT2D eigenvalue weighted by Crippen LogP contribution is -2.42. The van der Waals surface area contributed by atoms with Crippen molar-refractivity contribution in [2.45, 2.75) is 70.1 Å². The van der Waals surface area contributed by atoms with Gasteiger partial charge in [0.1, 0.15) is 17.2 Å². The summed E-state index contributed by atoms with van der Waals surface area (Å²) in [6.45, 7) is 4.16. The van der Waals surface area contributed by atoms with E-state index >= 15 is 0 Å². The van der Waals surface area contributed by atoms with Gasteiger partial charge >= 0.3 is 5.69 Å². The van der Waals surface area contributed by atoms with Crippen molar-refractivity contribution in [3.63, 3.8) is 0 Å². The van der Waals surface area contributed by atoms with Crippen LogP contribution in [0.4, 0.5) is 5.82 Å². The molecule has 1 fully saturated rings. The maximum atomic E-state index is 12.9. The second-order valence-electron chi connectivity index (χ2n) is 7.46. The van der Waals surface area contributed by atoms with E-state index in [0.29, 0.717) is 24.2 Å². The molecular weight excluding hydrogens is 392 g/mol. The standard InChI is InChI=1S/C19H28N6O3S/c1-4-10-24-16(20)15(17(27)23(3)19(24)28)14(26)11-29-18-22-21-12(2)25(18)13-8-6-5-7-9-13/h13H,4-11,20H2,1-3H3. The van der Waals surface area contributed by atoms with Gasteiger partial charge in [-0.1, -0.05) is 37.9 Å². The van der Waals surface area contributed by atoms with Gasteiger partial charge in [-0.15, -0.1) is 10.2 Å². The topological polar surface area (TPSA) is 118 Å². The van der Waals surface area contributed by atoms with Crippen LogP contribution in [0.2, 0.25) is 0 Å². The molecule has 0 aromatic carbocycles. The number of nitrogens with zero attached hydrogens (tertiary/aromatic N) is 5. The fraction of sp³-hybridized carbons (Fsp3) is 0.632. The van der Waals surface area contributed by atoms with Gasteiger partial charge in [0.2, 0.25) is 0 Å². The van der Waals surface area contributed by atoms with Crippen molar-refractivity contribution in [1.29, 1.82) is 0 Å². The lowest BCUT2D eigenvalue weighted by molar-refractivity contribution is 0.102. The normalized spacial score (nSPS) is 15.0. The predicted molar refractivity (Wildman–Crippen MR) is 113 cm³/mol. The van der Waals surface area contributed by atoms with Gasteiger partial charge in [0.15, 0.2) is 10.9 Å². The highest BCUT2D eigenvalue weighted by Gasteiger charge is 2.24. The minimum Gasteiger partial charge on any atom is -0.384 e. The van der Waals surface area contributed by atoms with Crippen molar-refractivity contribution in [2.75, 3.05) is 11.5 Å². The Morgan fingerprint density at radius 3 is 2.55 bits per heavy atom. The van der Waals surface area contributed by atoms with E-state index < -0.39 is 17.0 Å². The zero-order valence-electron chi connectivity index (χ0n) is 17.2. The molecule has 3 rings (SSSR count). The second-order valence-corrected chi connectivity index (χ2v) is 8.40. The largest absolute Gasteiger partial charge is 0.384 e. The Morgan fingerprint density at radius 1 is 1.21 bits per heavy atom. The summed E-state index contributed by atoms with van der Waals surface area (Å²) in [5, 5.41) is 9.10. The molecule has 1 aliphatic carbocycles. The van der Waals surface area contributed by atoms with E-state index in [-0.39, 0.29) is 17.1 Å². The number of aryl methyl sites for hydroxylation is 1. The number of hydrogen-bond donors (Lipinski definition) is 1. The highest BCUT2D eigenvalue weighted by Crippen LogP contribution is 2.32. The molecule has 0 unspecified atom stereocenters. The molecule has 0 saturated heterocycles. The van der Waals surface area contributed by atoms with Crippen molar-refractivity contribution in [3.8, 4) is 0 Å². The molecular formula is C19H28N6O3S. The Balaban J connectivity index is 1.86. The molecule has 158 valence electrons. The molecule has 0 amide bonds. The lowest BCUT2D eigenvalue weighted by Gasteiger charge is -2.24. The summed E-state index contributed by atoms with van der Waals surface area (Å²) < 4.78 is 4.34. The van der Waals surface area contributed by atoms with E-state index in [4.69, 9.17) is 5.73 Å². The van der Waals surface area contributed by atoms with Gasteiger partial charge in [-0.05, 0) is 26.2 Å². The second kappa shape index (κ2) is 8.98. The number of hydrogen-bond acceptors (Lipinski definition) is 7. The maximum absolute atomic E-state index is 12.9. The first-order chi connectivity index (χ1) is 13.9. The Hall–Kier alpha value is -2.36. The predicted octanol–water partition coefficient (Wildman–Crippen LogP) is 1.92. The molecule has 0 aliphatic heterocycles. The number of nitrogen functional groups attached to an aromatic ring is 1. The van der Waals surface area contributed by atoms with Gasteiger partial charge in [0.25, 0.3) is 5.56 Å². The number of anilines is 1. The molecule has 2 aromatic rings. The highest BCUT2D eigenvalue weighted by atomic mass is 32.2. The van der Waals surface area contributed by atoms with Gasteiger partial charge in [-0.3, -0.25) is 18.7 Å². The summed E-state index contributed by atoms with van der Waals surface area (Å²) >= 11 is 1.26. The lowest BCUT2D eigenvalue weighted by atomic mass is 9.95. The van der Waals surface area contributed by atoms with Crippen LogP contribution in [0.15, 0.2) is 14.7 Å². The number of nitrogens with two attached hydrogens (primary N) is 1. The van der Waals surface area contributed by atoms with Crippen LogP contribution in [0.25, 0.3) is 0 Å². The zero-order valence-corrected chi connectivity index (χ0v) is 18.0. The molecule has 29 heavy (non-hydrogen) atoms. The summed E-state index contributed by atoms with van der Waals surface area (Å²) in [7, 11) is 1.36. The third-order valence-electron chi connectivity index (χ3n) is 5.42. The van der Waals surface area contributed by atoms with Crippen LogP contribution in [0, 0.1) is 6.92 Å². The van der Waals surface area contributed by atoms with Crippen molar-refractivity contribution < 1.29 is 4.79 Å². The summed E-state index contributed by atoms with van der Waals surface area (Å²) in [6.07, 6.45) is 6.42. The molecule has 10 heteroatoms. The summed E-state index contributed by atoms with van der Waals surface area (Å²) in [5.74, 6) is 0.372. The third kappa shape index (κ3) is 4.17. The van der Waals surface area contributed by atoms with Crippen LogP contribution in [0.5, 0.6) is 0 Å². The average molecular weight is 421 g/mol. The van der Waals surface area contributed by atoms with Gasteiger partial charge in [0.05, 0.1) is 5.75 Å². The van der Waals surface area contributed by atoms with Gasteiger partial charge < -0.3 is 10.3 Å². The van der Waals surface area contributed by atoms with Gasteiger partial charge in [0, 0.05) is 19.6 Å². The Bertz CT molecular complexity index is 1020. The van der Waals surface area contributed by atoms with Gasteiger partial charge in [-0.2, -0.15) is 0 Å². The van der Waals surface area contributed by atoms with Crippen LogP contribution in [0.3, 0.4) is 0 Å². The number of ketones is 1. The van der Waals surface area contributed by atoms with Crippen LogP contribution >= 0.6 is 11.8 Å². The number of thioether (sulfide) groups is 1. The Kier molecular flexibility index (Phi) is 6.61. The quantitative estimate of drug-likeness (QED) is 0.537. The summed E-state index contributed by atoms with van der Waals surface area (Å²) in [5.41, 5.74) is 4.75. The monoisotopic (exact) mass is 420 g/mol. The highest BCUT2D eigenvalue weighted by molar-refractivity contribution is 7.99. The SMILES string of the molecule is CCCn1c(N)c(C(=O)CSc2nnc(C)n2C2CCCCC2)c(=O)n(C)c1=O. The number of aromatic nitrogens is 5. The maximum Gasteiger partial charge on any atom is 0.332 e. The zero-order chi connectivity index (χ0) is 21.1. The van der Waals surface area contributed by atoms with Crippen molar-refractivity contribution in [2.24, 2.45) is 7.05 Å². The molecule has 0 spiro atoms. The first-order valence-corrected chi connectivity index (χ1v) is 11.0. The summed E-state index contributed by atoms with van der Waals surface area (Å²) in [6, 6.07) is 0.348. The van der Waals surface area contributed by atoms with E-state index in [2.05, 4.69) is 14.8 Å². The van der Waals surface area contributed by atoms with Crippen LogP contribution in [-0.2, 0) is 13.6 Å². The molecule has 2 heterocycles. The number of carbonyl (C=O) groups is 1. The van der Waals surface area contributed by atoms with Crippen LogP contribution in [0.1, 0.15) is 67.7 Å². The van der Waals surface area contributed by atoms with E-state index in [1.807, 2.05) is 13.8 Å². The van der Waals surface area contributed by atoms with E-state index in [1.54, 1.807) is 0 Å². The molecule has 0 atom stereocenters. The van der Waals surface area contributed by atoms with E-state index in [9.17, 15) is 14.4 Å². The van der Waals surface area contributed by atoms with Crippen LogP contribution in [-0.4, -0.2) is 35.4 Å². The molecule has 2 N–H and O–H groups in total. The Morgan fingerprint density at radius 2 is 1.90 bits per heavy atom. The molecule has 2 aromatic heterocycles. The molecule has 1 saturated carbocycles. The third-order valence-corrected chi connectivity index (χ3v) is 6.36. The first kappa shape index (κ1) is 21.4. The van der Waals surface area contributed by atoms with E-state index in [1.165, 1.54) is 42.6 Å². The number of Topliss-reactive ketones (excluding diaryl/α,β-unsaturated/α-hetero) is 1. The van der Waals surface area contributed by atoms with Crippen molar-refractivity contribution in [3.05, 3.63) is 32.2 Å². The average Bonchev–Trinajstić information content (AvgIpc) is 3.09. The fourth-order valence-corrected chi connectivity index (χ4v) is 4.82. The molecule has 0 radical (unpaired) electrons.